The van der Waals surface area contributed by atoms with E-state index in [9.17, 15) is 9.59 Å². The third kappa shape index (κ3) is 2.49. The van der Waals surface area contributed by atoms with Crippen LogP contribution in [0.25, 0.3) is 0 Å². The van der Waals surface area contributed by atoms with Gasteiger partial charge in [-0.2, -0.15) is 0 Å². The third-order valence-electron chi connectivity index (χ3n) is 3.21. The predicted octanol–water partition coefficient (Wildman–Crippen LogP) is 1.15. The summed E-state index contributed by atoms with van der Waals surface area (Å²) in [6, 6.07) is -0.146. The van der Waals surface area contributed by atoms with Crippen LogP contribution in [0.5, 0.6) is 0 Å². The van der Waals surface area contributed by atoms with E-state index in [0.29, 0.717) is 11.4 Å². The fourth-order valence-electron chi connectivity index (χ4n) is 2.27. The first-order valence-corrected chi connectivity index (χ1v) is 6.19. The first kappa shape index (κ1) is 12.1. The number of hydrogen-bond acceptors (Lipinski definition) is 3. The number of imidazole rings is 1. The van der Waals surface area contributed by atoms with Gasteiger partial charge >= 0.3 is 5.69 Å². The molecule has 1 aromatic rings. The summed E-state index contributed by atoms with van der Waals surface area (Å²) in [5.74, 6) is 0.142. The number of hydrogen-bond donors (Lipinski definition) is 3. The predicted molar refractivity (Wildman–Crippen MR) is 65.5 cm³/mol. The zero-order valence-electron chi connectivity index (χ0n) is 10.3. The lowest BCUT2D eigenvalue weighted by Gasteiger charge is -2.22. The van der Waals surface area contributed by atoms with Gasteiger partial charge in [0.1, 0.15) is 5.69 Å². The average Bonchev–Trinajstić information content (AvgIpc) is 2.72. The van der Waals surface area contributed by atoms with Gasteiger partial charge in [-0.05, 0) is 25.3 Å². The molecule has 2 heterocycles. The van der Waals surface area contributed by atoms with Crippen molar-refractivity contribution in [2.75, 3.05) is 6.54 Å². The second-order valence-electron chi connectivity index (χ2n) is 4.89. The molecule has 1 unspecified atom stereocenters. The van der Waals surface area contributed by atoms with Gasteiger partial charge in [-0.15, -0.1) is 0 Å². The van der Waals surface area contributed by atoms with Gasteiger partial charge in [-0.1, -0.05) is 20.3 Å². The number of ketones is 1. The van der Waals surface area contributed by atoms with Gasteiger partial charge in [0.2, 0.25) is 0 Å². The Balaban J connectivity index is 2.26. The maximum Gasteiger partial charge on any atom is 0.323 e. The summed E-state index contributed by atoms with van der Waals surface area (Å²) >= 11 is 0. The summed E-state index contributed by atoms with van der Waals surface area (Å²) in [7, 11) is 0. The highest BCUT2D eigenvalue weighted by atomic mass is 16.1. The topological polar surface area (TPSA) is 77.8 Å². The molecule has 5 heteroatoms. The summed E-state index contributed by atoms with van der Waals surface area (Å²) in [6.07, 6.45) is 3.03. The van der Waals surface area contributed by atoms with Crippen LogP contribution in [-0.4, -0.2) is 28.3 Å². The van der Waals surface area contributed by atoms with Crippen molar-refractivity contribution in [3.63, 3.8) is 0 Å². The lowest BCUT2D eigenvalue weighted by atomic mass is 9.96. The summed E-state index contributed by atoms with van der Waals surface area (Å²) in [4.78, 5) is 28.9. The molecule has 3 N–H and O–H groups in total. The number of carbonyl (C=O) groups excluding carboxylic acids is 1. The van der Waals surface area contributed by atoms with Crippen molar-refractivity contribution in [2.24, 2.45) is 0 Å². The molecule has 2 rings (SSSR count). The van der Waals surface area contributed by atoms with Gasteiger partial charge in [0.15, 0.2) is 5.78 Å². The van der Waals surface area contributed by atoms with E-state index < -0.39 is 0 Å². The number of aromatic amines is 2. The van der Waals surface area contributed by atoms with Gasteiger partial charge in [-0.25, -0.2) is 4.79 Å². The van der Waals surface area contributed by atoms with Crippen LogP contribution in [0.3, 0.4) is 0 Å². The van der Waals surface area contributed by atoms with E-state index in [1.807, 2.05) is 13.8 Å². The number of H-pyrrole nitrogens is 2. The highest BCUT2D eigenvalue weighted by molar-refractivity contribution is 5.99. The first-order valence-electron chi connectivity index (χ1n) is 6.19. The minimum absolute atomic E-state index is 0.00625. The van der Waals surface area contributed by atoms with Crippen molar-refractivity contribution in [3.05, 3.63) is 21.9 Å². The Morgan fingerprint density at radius 2 is 2.06 bits per heavy atom. The smallest absolute Gasteiger partial charge is 0.309 e. The Morgan fingerprint density at radius 1 is 1.29 bits per heavy atom. The van der Waals surface area contributed by atoms with Crippen molar-refractivity contribution >= 4 is 5.78 Å². The Bertz CT molecular complexity index is 453. The van der Waals surface area contributed by atoms with Crippen LogP contribution >= 0.6 is 0 Å². The molecular weight excluding hydrogens is 218 g/mol. The van der Waals surface area contributed by atoms with Crippen LogP contribution < -0.4 is 11.0 Å². The molecule has 0 radical (unpaired) electrons. The molecule has 0 bridgehead atoms. The van der Waals surface area contributed by atoms with Crippen LogP contribution in [-0.2, 0) is 0 Å². The molecule has 94 valence electrons. The molecule has 17 heavy (non-hydrogen) atoms. The first-order chi connectivity index (χ1) is 8.09. The summed E-state index contributed by atoms with van der Waals surface area (Å²) in [5.41, 5.74) is 0.865. The lowest BCUT2D eigenvalue weighted by molar-refractivity contribution is 0.0921. The molecule has 0 aromatic carbocycles. The number of piperidine rings is 1. The zero-order chi connectivity index (χ0) is 12.4. The van der Waals surface area contributed by atoms with E-state index in [2.05, 4.69) is 15.3 Å². The van der Waals surface area contributed by atoms with E-state index in [0.717, 1.165) is 25.8 Å². The minimum Gasteiger partial charge on any atom is -0.309 e. The van der Waals surface area contributed by atoms with E-state index in [1.165, 1.54) is 0 Å². The van der Waals surface area contributed by atoms with Gasteiger partial charge < -0.3 is 15.3 Å². The fourth-order valence-corrected chi connectivity index (χ4v) is 2.27. The van der Waals surface area contributed by atoms with Crippen molar-refractivity contribution in [1.29, 1.82) is 0 Å². The summed E-state index contributed by atoms with van der Waals surface area (Å²) in [6.45, 7) is 4.80. The van der Waals surface area contributed by atoms with Crippen molar-refractivity contribution in [3.8, 4) is 0 Å². The highest BCUT2D eigenvalue weighted by Gasteiger charge is 2.26. The van der Waals surface area contributed by atoms with Crippen LogP contribution in [0, 0.1) is 0 Å². The fraction of sp³-hybridized carbons (Fsp3) is 0.667. The Labute approximate surface area is 100 Å². The van der Waals surface area contributed by atoms with E-state index in [4.69, 9.17) is 0 Å². The SMILES string of the molecule is CC(C)c1[nH]c(=O)[nH]c1C(=O)C1CCCCN1. The second kappa shape index (κ2) is 4.87. The molecule has 5 nitrogen and oxygen atoms in total. The van der Waals surface area contributed by atoms with Crippen molar-refractivity contribution in [1.82, 2.24) is 15.3 Å². The molecule has 1 saturated heterocycles. The molecule has 0 saturated carbocycles. The zero-order valence-corrected chi connectivity index (χ0v) is 10.3. The number of rotatable bonds is 3. The number of aromatic nitrogens is 2. The van der Waals surface area contributed by atoms with Crippen LogP contribution in [0.2, 0.25) is 0 Å². The Morgan fingerprint density at radius 3 is 2.65 bits per heavy atom. The van der Waals surface area contributed by atoms with Gasteiger partial charge in [0.05, 0.1) is 6.04 Å². The normalized spacial score (nSPS) is 20.8. The molecule has 1 aliphatic rings. The second-order valence-corrected chi connectivity index (χ2v) is 4.89. The Kier molecular flexibility index (Phi) is 3.47. The van der Waals surface area contributed by atoms with E-state index >= 15 is 0 Å². The summed E-state index contributed by atoms with van der Waals surface area (Å²) in [5, 5.41) is 3.21. The molecule has 0 aliphatic carbocycles. The van der Waals surface area contributed by atoms with Gasteiger partial charge in [0.25, 0.3) is 0 Å². The monoisotopic (exact) mass is 237 g/mol. The maximum absolute atomic E-state index is 12.3. The maximum atomic E-state index is 12.3. The highest BCUT2D eigenvalue weighted by Crippen LogP contribution is 2.18. The number of carbonyl (C=O) groups is 1. The Hall–Kier alpha value is -1.36. The van der Waals surface area contributed by atoms with Crippen molar-refractivity contribution in [2.45, 2.75) is 45.1 Å². The lowest BCUT2D eigenvalue weighted by Crippen LogP contribution is -2.41. The van der Waals surface area contributed by atoms with E-state index in [1.54, 1.807) is 0 Å². The molecule has 1 fully saturated rings. The summed E-state index contributed by atoms with van der Waals surface area (Å²) < 4.78 is 0. The molecule has 0 amide bonds. The quantitative estimate of drug-likeness (QED) is 0.690. The van der Waals surface area contributed by atoms with Crippen LogP contribution in [0.4, 0.5) is 0 Å². The minimum atomic E-state index is -0.298. The molecule has 1 atom stereocenters. The van der Waals surface area contributed by atoms with E-state index in [-0.39, 0.29) is 23.4 Å². The van der Waals surface area contributed by atoms with Crippen LogP contribution in [0.15, 0.2) is 4.79 Å². The molecule has 1 aliphatic heterocycles. The molecular formula is C12H19N3O2. The standard InChI is InChI=1S/C12H19N3O2/c1-7(2)9-10(15-12(17)14-9)11(16)8-5-3-4-6-13-8/h7-8,13H,3-6H2,1-2H3,(H2,14,15,17). The largest absolute Gasteiger partial charge is 0.323 e. The molecule has 1 aromatic heterocycles. The molecule has 0 spiro atoms. The third-order valence-corrected chi connectivity index (χ3v) is 3.21. The van der Waals surface area contributed by atoms with Crippen LogP contribution in [0.1, 0.15) is 55.2 Å². The number of nitrogens with one attached hydrogen (secondary N) is 3. The average molecular weight is 237 g/mol. The van der Waals surface area contributed by atoms with Gasteiger partial charge in [-0.3, -0.25) is 4.79 Å². The van der Waals surface area contributed by atoms with Crippen molar-refractivity contribution < 1.29 is 4.79 Å². The number of Topliss-reactive ketones (excluding diaryl/α,β-unsaturated/α-hetero) is 1. The van der Waals surface area contributed by atoms with Gasteiger partial charge in [0, 0.05) is 5.69 Å².